The van der Waals surface area contributed by atoms with Crippen molar-refractivity contribution < 1.29 is 14.6 Å². The fraction of sp³-hybridized carbons (Fsp3) is 0.571. The number of aromatic nitrogens is 1. The standard InChI is InChI=1S/C14H20N2O3/c1-10(11-4-6-19-7-5-11)15-9-13-3-2-12(8-16-13)14(17)18/h2-3,8,10-11,15H,4-7,9H2,1H3,(H,17,18). The predicted octanol–water partition coefficient (Wildman–Crippen LogP) is 1.68. The Labute approximate surface area is 113 Å². The molecule has 0 bridgehead atoms. The van der Waals surface area contributed by atoms with Crippen molar-refractivity contribution in [2.24, 2.45) is 5.92 Å². The zero-order valence-electron chi connectivity index (χ0n) is 11.1. The molecule has 5 nitrogen and oxygen atoms in total. The highest BCUT2D eigenvalue weighted by Gasteiger charge is 2.19. The molecule has 5 heteroatoms. The van der Waals surface area contributed by atoms with Crippen LogP contribution in [-0.2, 0) is 11.3 Å². The minimum absolute atomic E-state index is 0.223. The second-order valence-corrected chi connectivity index (χ2v) is 4.96. The van der Waals surface area contributed by atoms with Crippen molar-refractivity contribution in [3.05, 3.63) is 29.6 Å². The first-order valence-electron chi connectivity index (χ1n) is 6.66. The largest absolute Gasteiger partial charge is 0.478 e. The molecule has 0 aliphatic carbocycles. The Balaban J connectivity index is 1.82. The van der Waals surface area contributed by atoms with Crippen LogP contribution in [0.4, 0.5) is 0 Å². The second-order valence-electron chi connectivity index (χ2n) is 4.96. The average molecular weight is 264 g/mol. The van der Waals surface area contributed by atoms with E-state index in [0.29, 0.717) is 18.5 Å². The number of hydrogen-bond acceptors (Lipinski definition) is 4. The van der Waals surface area contributed by atoms with E-state index in [4.69, 9.17) is 9.84 Å². The van der Waals surface area contributed by atoms with E-state index >= 15 is 0 Å². The number of aromatic carboxylic acids is 1. The van der Waals surface area contributed by atoms with Crippen LogP contribution >= 0.6 is 0 Å². The molecular formula is C14H20N2O3. The van der Waals surface area contributed by atoms with Crippen molar-refractivity contribution in [1.29, 1.82) is 0 Å². The van der Waals surface area contributed by atoms with Crippen LogP contribution in [0.15, 0.2) is 18.3 Å². The summed E-state index contributed by atoms with van der Waals surface area (Å²) >= 11 is 0. The molecule has 0 saturated carbocycles. The molecule has 19 heavy (non-hydrogen) atoms. The summed E-state index contributed by atoms with van der Waals surface area (Å²) in [6, 6.07) is 3.77. The summed E-state index contributed by atoms with van der Waals surface area (Å²) in [5, 5.41) is 12.2. The van der Waals surface area contributed by atoms with Gasteiger partial charge in [0, 0.05) is 32.0 Å². The van der Waals surface area contributed by atoms with Gasteiger partial charge >= 0.3 is 5.97 Å². The Hall–Kier alpha value is -1.46. The summed E-state index contributed by atoms with van der Waals surface area (Å²) in [5.41, 5.74) is 1.09. The van der Waals surface area contributed by atoms with E-state index in [1.54, 1.807) is 12.1 Å². The number of pyridine rings is 1. The maximum absolute atomic E-state index is 10.7. The molecule has 104 valence electrons. The van der Waals surface area contributed by atoms with Gasteiger partial charge in [0.05, 0.1) is 11.3 Å². The molecule has 1 aromatic heterocycles. The third-order valence-corrected chi connectivity index (χ3v) is 3.65. The van der Waals surface area contributed by atoms with E-state index in [1.807, 2.05) is 0 Å². The summed E-state index contributed by atoms with van der Waals surface area (Å²) < 4.78 is 5.35. The molecular weight excluding hydrogens is 244 g/mol. The van der Waals surface area contributed by atoms with Crippen molar-refractivity contribution in [2.45, 2.75) is 32.4 Å². The first-order valence-corrected chi connectivity index (χ1v) is 6.66. The molecule has 1 saturated heterocycles. The Bertz CT molecular complexity index is 413. The molecule has 1 aromatic rings. The highest BCUT2D eigenvalue weighted by atomic mass is 16.5. The highest BCUT2D eigenvalue weighted by Crippen LogP contribution is 2.18. The molecule has 1 atom stereocenters. The maximum atomic E-state index is 10.7. The number of ether oxygens (including phenoxy) is 1. The van der Waals surface area contributed by atoms with Gasteiger partial charge in [0.1, 0.15) is 0 Å². The average Bonchev–Trinajstić information content (AvgIpc) is 2.46. The van der Waals surface area contributed by atoms with Crippen LogP contribution in [0.25, 0.3) is 0 Å². The van der Waals surface area contributed by atoms with E-state index in [0.717, 1.165) is 31.7 Å². The molecule has 2 heterocycles. The first-order chi connectivity index (χ1) is 9.16. The fourth-order valence-electron chi connectivity index (χ4n) is 2.30. The number of rotatable bonds is 5. The summed E-state index contributed by atoms with van der Waals surface area (Å²) in [7, 11) is 0. The van der Waals surface area contributed by atoms with E-state index in [-0.39, 0.29) is 5.56 Å². The lowest BCUT2D eigenvalue weighted by atomic mass is 9.93. The van der Waals surface area contributed by atoms with Gasteiger partial charge in [-0.25, -0.2) is 4.79 Å². The Kier molecular flexibility index (Phi) is 4.87. The van der Waals surface area contributed by atoms with Crippen LogP contribution in [0.5, 0.6) is 0 Å². The van der Waals surface area contributed by atoms with Gasteiger partial charge in [-0.2, -0.15) is 0 Å². The highest BCUT2D eigenvalue weighted by molar-refractivity contribution is 5.87. The normalized spacial score (nSPS) is 18.2. The molecule has 1 aliphatic heterocycles. The summed E-state index contributed by atoms with van der Waals surface area (Å²) in [6.45, 7) is 4.55. The summed E-state index contributed by atoms with van der Waals surface area (Å²) in [6.07, 6.45) is 3.59. The van der Waals surface area contributed by atoms with Crippen LogP contribution in [0.2, 0.25) is 0 Å². The van der Waals surface area contributed by atoms with E-state index in [1.165, 1.54) is 6.20 Å². The lowest BCUT2D eigenvalue weighted by Crippen LogP contribution is -2.36. The maximum Gasteiger partial charge on any atom is 0.337 e. The van der Waals surface area contributed by atoms with Gasteiger partial charge in [0.15, 0.2) is 0 Å². The molecule has 0 spiro atoms. The molecule has 0 radical (unpaired) electrons. The Morgan fingerprint density at radius 2 is 2.26 bits per heavy atom. The number of carboxylic acids is 1. The van der Waals surface area contributed by atoms with E-state index in [2.05, 4.69) is 17.2 Å². The lowest BCUT2D eigenvalue weighted by molar-refractivity contribution is 0.0557. The SMILES string of the molecule is CC(NCc1ccc(C(=O)O)cn1)C1CCOCC1. The lowest BCUT2D eigenvalue weighted by Gasteiger charge is -2.28. The van der Waals surface area contributed by atoms with Gasteiger partial charge in [0.2, 0.25) is 0 Å². The zero-order valence-corrected chi connectivity index (χ0v) is 11.1. The second kappa shape index (κ2) is 6.63. The predicted molar refractivity (Wildman–Crippen MR) is 71.0 cm³/mol. The van der Waals surface area contributed by atoms with Crippen LogP contribution in [0.3, 0.4) is 0 Å². The zero-order chi connectivity index (χ0) is 13.7. The van der Waals surface area contributed by atoms with Crippen molar-refractivity contribution in [1.82, 2.24) is 10.3 Å². The van der Waals surface area contributed by atoms with Crippen molar-refractivity contribution in [3.63, 3.8) is 0 Å². The number of nitrogens with zero attached hydrogens (tertiary/aromatic N) is 1. The first kappa shape index (κ1) is 14.0. The molecule has 0 aromatic carbocycles. The third kappa shape index (κ3) is 4.01. The monoisotopic (exact) mass is 264 g/mol. The summed E-state index contributed by atoms with van der Waals surface area (Å²) in [5.74, 6) is -0.297. The van der Waals surface area contributed by atoms with Gasteiger partial charge in [-0.1, -0.05) is 0 Å². The minimum atomic E-state index is -0.942. The van der Waals surface area contributed by atoms with Crippen LogP contribution < -0.4 is 5.32 Å². The summed E-state index contributed by atoms with van der Waals surface area (Å²) in [4.78, 5) is 14.9. The van der Waals surface area contributed by atoms with Gasteiger partial charge in [-0.3, -0.25) is 4.98 Å². The Morgan fingerprint density at radius 3 is 2.84 bits per heavy atom. The van der Waals surface area contributed by atoms with Gasteiger partial charge in [-0.15, -0.1) is 0 Å². The van der Waals surface area contributed by atoms with Crippen LogP contribution in [0, 0.1) is 5.92 Å². The van der Waals surface area contributed by atoms with Gasteiger partial charge < -0.3 is 15.2 Å². The van der Waals surface area contributed by atoms with E-state index in [9.17, 15) is 4.79 Å². The van der Waals surface area contributed by atoms with Gasteiger partial charge in [-0.05, 0) is 37.8 Å². The topological polar surface area (TPSA) is 71.5 Å². The number of carbonyl (C=O) groups is 1. The number of carboxylic acid groups (broad SMARTS) is 1. The number of nitrogens with one attached hydrogen (secondary N) is 1. The van der Waals surface area contributed by atoms with E-state index < -0.39 is 5.97 Å². The van der Waals surface area contributed by atoms with Gasteiger partial charge in [0.25, 0.3) is 0 Å². The Morgan fingerprint density at radius 1 is 1.53 bits per heavy atom. The van der Waals surface area contributed by atoms with Crippen molar-refractivity contribution >= 4 is 5.97 Å². The smallest absolute Gasteiger partial charge is 0.337 e. The molecule has 1 aliphatic rings. The molecule has 2 N–H and O–H groups in total. The molecule has 1 fully saturated rings. The third-order valence-electron chi connectivity index (χ3n) is 3.65. The quantitative estimate of drug-likeness (QED) is 0.846. The molecule has 0 amide bonds. The van der Waals surface area contributed by atoms with Crippen molar-refractivity contribution in [3.8, 4) is 0 Å². The van der Waals surface area contributed by atoms with Crippen LogP contribution in [0.1, 0.15) is 35.8 Å². The van der Waals surface area contributed by atoms with Crippen LogP contribution in [-0.4, -0.2) is 35.3 Å². The fourth-order valence-corrected chi connectivity index (χ4v) is 2.30. The molecule has 1 unspecified atom stereocenters. The number of hydrogen-bond donors (Lipinski definition) is 2. The van der Waals surface area contributed by atoms with Crippen molar-refractivity contribution in [2.75, 3.05) is 13.2 Å². The molecule has 2 rings (SSSR count). The minimum Gasteiger partial charge on any atom is -0.478 e.